The summed E-state index contributed by atoms with van der Waals surface area (Å²) in [6.07, 6.45) is 3.56. The zero-order chi connectivity index (χ0) is 23.2. The maximum absolute atomic E-state index is 12.5. The Kier molecular flexibility index (Phi) is 6.96. The van der Waals surface area contributed by atoms with E-state index in [0.717, 1.165) is 11.1 Å². The molecule has 3 aromatic rings. The number of aryl methyl sites for hydroxylation is 1. The summed E-state index contributed by atoms with van der Waals surface area (Å²) < 4.78 is 11.5. The number of halogens is 1. The third kappa shape index (κ3) is 5.73. The first kappa shape index (κ1) is 22.4. The highest BCUT2D eigenvalue weighted by Gasteiger charge is 2.26. The fourth-order valence-corrected chi connectivity index (χ4v) is 3.65. The number of carbonyl (C=O) groups is 1. The molecule has 0 spiro atoms. The van der Waals surface area contributed by atoms with Crippen molar-refractivity contribution in [2.75, 3.05) is 37.7 Å². The molecular weight excluding hydrogens is 440 g/mol. The number of rotatable bonds is 6. The largest absolute Gasteiger partial charge is 0.484 e. The van der Waals surface area contributed by atoms with Crippen LogP contribution in [0.4, 0.5) is 5.88 Å². The van der Waals surface area contributed by atoms with Gasteiger partial charge in [0, 0.05) is 37.3 Å². The summed E-state index contributed by atoms with van der Waals surface area (Å²) in [7, 11) is 0. The molecule has 0 aliphatic carbocycles. The van der Waals surface area contributed by atoms with Crippen molar-refractivity contribution in [1.82, 2.24) is 9.88 Å². The van der Waals surface area contributed by atoms with Crippen LogP contribution in [0, 0.1) is 18.3 Å². The molecule has 1 aromatic heterocycles. The van der Waals surface area contributed by atoms with Gasteiger partial charge in [0.25, 0.3) is 5.91 Å². The lowest BCUT2D eigenvalue weighted by Gasteiger charge is -2.34. The molecule has 2 heterocycles. The zero-order valence-corrected chi connectivity index (χ0v) is 19.0. The van der Waals surface area contributed by atoms with E-state index in [4.69, 9.17) is 20.8 Å². The second kappa shape index (κ2) is 10.2. The molecule has 8 heteroatoms. The molecule has 0 saturated carbocycles. The van der Waals surface area contributed by atoms with Crippen LogP contribution in [0.25, 0.3) is 12.2 Å². The Morgan fingerprint density at radius 3 is 2.64 bits per heavy atom. The quantitative estimate of drug-likeness (QED) is 0.539. The lowest BCUT2D eigenvalue weighted by molar-refractivity contribution is -0.133. The molecule has 2 aromatic carbocycles. The monoisotopic (exact) mass is 462 g/mol. The summed E-state index contributed by atoms with van der Waals surface area (Å²) >= 11 is 5.91. The van der Waals surface area contributed by atoms with Gasteiger partial charge >= 0.3 is 0 Å². The third-order valence-electron chi connectivity index (χ3n) is 5.29. The minimum absolute atomic E-state index is 0.00511. The van der Waals surface area contributed by atoms with Gasteiger partial charge in [0.15, 0.2) is 6.61 Å². The summed E-state index contributed by atoms with van der Waals surface area (Å²) in [4.78, 5) is 20.5. The molecule has 1 aliphatic heterocycles. The number of amides is 1. The van der Waals surface area contributed by atoms with E-state index in [1.165, 1.54) is 0 Å². The van der Waals surface area contributed by atoms with E-state index in [2.05, 4.69) is 11.1 Å². The second-order valence-electron chi connectivity index (χ2n) is 7.68. The number of oxazole rings is 1. The van der Waals surface area contributed by atoms with Gasteiger partial charge in [-0.3, -0.25) is 4.79 Å². The molecule has 0 radical (unpaired) electrons. The number of benzene rings is 2. The van der Waals surface area contributed by atoms with Crippen LogP contribution in [-0.4, -0.2) is 48.6 Å². The van der Waals surface area contributed by atoms with Crippen LogP contribution in [0.1, 0.15) is 22.7 Å². The SMILES string of the molecule is Cc1cccc(OCC(=O)N2CCN(c3oc(C=Cc4ccc(Cl)cc4)nc3C#N)CC2)c1. The molecule has 168 valence electrons. The van der Waals surface area contributed by atoms with Gasteiger partial charge < -0.3 is 19.0 Å². The normalized spacial score (nSPS) is 13.8. The van der Waals surface area contributed by atoms with Crippen LogP contribution in [0.15, 0.2) is 52.9 Å². The molecule has 0 bridgehead atoms. The summed E-state index contributed by atoms with van der Waals surface area (Å²) in [6.45, 7) is 4.08. The molecule has 4 rings (SSSR count). The highest BCUT2D eigenvalue weighted by molar-refractivity contribution is 6.30. The average Bonchev–Trinajstić information content (AvgIpc) is 3.26. The molecule has 1 aliphatic rings. The van der Waals surface area contributed by atoms with Gasteiger partial charge in [-0.25, -0.2) is 0 Å². The first-order valence-corrected chi connectivity index (χ1v) is 11.0. The number of carbonyl (C=O) groups excluding carboxylic acids is 1. The maximum atomic E-state index is 12.5. The molecule has 1 saturated heterocycles. The smallest absolute Gasteiger partial charge is 0.260 e. The minimum atomic E-state index is -0.0687. The van der Waals surface area contributed by atoms with Crippen molar-refractivity contribution >= 4 is 35.5 Å². The summed E-state index contributed by atoms with van der Waals surface area (Å²) in [5.74, 6) is 1.39. The predicted octanol–water partition coefficient (Wildman–Crippen LogP) is 4.41. The molecule has 0 atom stereocenters. The predicted molar refractivity (Wildman–Crippen MR) is 127 cm³/mol. The molecule has 33 heavy (non-hydrogen) atoms. The van der Waals surface area contributed by atoms with Gasteiger partial charge in [0.05, 0.1) is 0 Å². The average molecular weight is 463 g/mol. The van der Waals surface area contributed by atoms with E-state index in [-0.39, 0.29) is 18.2 Å². The van der Waals surface area contributed by atoms with E-state index in [1.54, 1.807) is 23.1 Å². The molecule has 1 fully saturated rings. The minimum Gasteiger partial charge on any atom is -0.484 e. The van der Waals surface area contributed by atoms with Gasteiger partial charge in [0.2, 0.25) is 17.5 Å². The van der Waals surface area contributed by atoms with E-state index in [9.17, 15) is 10.1 Å². The van der Waals surface area contributed by atoms with Gasteiger partial charge in [-0.05, 0) is 48.4 Å². The van der Waals surface area contributed by atoms with Gasteiger partial charge in [-0.15, -0.1) is 0 Å². The van der Waals surface area contributed by atoms with Crippen LogP contribution in [-0.2, 0) is 4.79 Å². The third-order valence-corrected chi connectivity index (χ3v) is 5.54. The molecule has 1 amide bonds. The van der Waals surface area contributed by atoms with Crippen LogP contribution >= 0.6 is 11.6 Å². The van der Waals surface area contributed by atoms with Crippen molar-refractivity contribution in [3.05, 3.63) is 76.3 Å². The molecular formula is C25H23ClN4O3. The number of nitriles is 1. The number of ether oxygens (including phenoxy) is 1. The first-order chi connectivity index (χ1) is 16.0. The number of aromatic nitrogens is 1. The lowest BCUT2D eigenvalue weighted by atomic mass is 10.2. The number of hydrogen-bond donors (Lipinski definition) is 0. The van der Waals surface area contributed by atoms with Crippen molar-refractivity contribution in [2.24, 2.45) is 0 Å². The van der Waals surface area contributed by atoms with Crippen molar-refractivity contribution < 1.29 is 13.9 Å². The number of anilines is 1. The first-order valence-electron chi connectivity index (χ1n) is 10.6. The summed E-state index contributed by atoms with van der Waals surface area (Å²) in [6, 6.07) is 17.1. The number of nitrogens with zero attached hydrogens (tertiary/aromatic N) is 4. The number of hydrogen-bond acceptors (Lipinski definition) is 6. The van der Waals surface area contributed by atoms with E-state index >= 15 is 0 Å². The van der Waals surface area contributed by atoms with Crippen LogP contribution in [0.5, 0.6) is 5.75 Å². The Hall–Kier alpha value is -3.76. The summed E-state index contributed by atoms with van der Waals surface area (Å²) in [5, 5.41) is 10.2. The Bertz CT molecular complexity index is 1190. The van der Waals surface area contributed by atoms with E-state index in [1.807, 2.05) is 54.3 Å². The van der Waals surface area contributed by atoms with E-state index < -0.39 is 0 Å². The van der Waals surface area contributed by atoms with Crippen molar-refractivity contribution in [2.45, 2.75) is 6.92 Å². The van der Waals surface area contributed by atoms with Crippen molar-refractivity contribution in [1.29, 1.82) is 5.26 Å². The Morgan fingerprint density at radius 1 is 1.18 bits per heavy atom. The van der Waals surface area contributed by atoms with Gasteiger partial charge in [-0.1, -0.05) is 35.9 Å². The second-order valence-corrected chi connectivity index (χ2v) is 8.11. The molecule has 0 unspecified atom stereocenters. The Morgan fingerprint density at radius 2 is 1.94 bits per heavy atom. The standard InChI is InChI=1S/C25H23ClN4O3/c1-18-3-2-4-21(15-18)32-17-24(31)29-11-13-30(14-12-29)25-22(16-27)28-23(33-25)10-7-19-5-8-20(26)9-6-19/h2-10,15H,11-14,17H2,1H3. The van der Waals surface area contributed by atoms with Gasteiger partial charge in [0.1, 0.15) is 11.8 Å². The Balaban J connectivity index is 1.34. The topological polar surface area (TPSA) is 82.6 Å². The summed E-state index contributed by atoms with van der Waals surface area (Å²) in [5.41, 5.74) is 2.25. The lowest BCUT2D eigenvalue weighted by Crippen LogP contribution is -2.50. The van der Waals surface area contributed by atoms with E-state index in [0.29, 0.717) is 48.7 Å². The fraction of sp³-hybridized carbons (Fsp3) is 0.240. The van der Waals surface area contributed by atoms with Crippen molar-refractivity contribution in [3.63, 3.8) is 0 Å². The molecule has 0 N–H and O–H groups in total. The van der Waals surface area contributed by atoms with Gasteiger partial charge in [-0.2, -0.15) is 10.2 Å². The van der Waals surface area contributed by atoms with Crippen LogP contribution < -0.4 is 9.64 Å². The highest BCUT2D eigenvalue weighted by atomic mass is 35.5. The Labute approximate surface area is 197 Å². The zero-order valence-electron chi connectivity index (χ0n) is 18.2. The maximum Gasteiger partial charge on any atom is 0.260 e. The molecule has 7 nitrogen and oxygen atoms in total. The van der Waals surface area contributed by atoms with Crippen LogP contribution in [0.2, 0.25) is 5.02 Å². The fourth-order valence-electron chi connectivity index (χ4n) is 3.53. The van der Waals surface area contributed by atoms with Crippen molar-refractivity contribution in [3.8, 4) is 11.8 Å². The number of piperazine rings is 1. The highest BCUT2D eigenvalue weighted by Crippen LogP contribution is 2.24. The van der Waals surface area contributed by atoms with Crippen LogP contribution in [0.3, 0.4) is 0 Å².